The third-order valence-electron chi connectivity index (χ3n) is 5.52. The summed E-state index contributed by atoms with van der Waals surface area (Å²) in [5.41, 5.74) is 5.56. The third-order valence-corrected chi connectivity index (χ3v) is 5.52. The van der Waals surface area contributed by atoms with Crippen molar-refractivity contribution in [3.05, 3.63) is 59.7 Å². The molecular formula is C22H25N7O. The molecule has 1 aliphatic rings. The Morgan fingerprint density at radius 1 is 1.20 bits per heavy atom. The van der Waals surface area contributed by atoms with E-state index in [-0.39, 0.29) is 6.61 Å². The van der Waals surface area contributed by atoms with E-state index in [4.69, 9.17) is 15.1 Å². The molecule has 5 rings (SSSR count). The number of nitrogens with zero attached hydrogens (tertiary/aromatic N) is 4. The Kier molecular flexibility index (Phi) is 5.17. The summed E-state index contributed by atoms with van der Waals surface area (Å²) in [5, 5.41) is 21.6. The summed E-state index contributed by atoms with van der Waals surface area (Å²) < 4.78 is 1.71. The molecule has 0 atom stereocenters. The Balaban J connectivity index is 1.39. The number of aliphatic hydroxyl groups is 1. The lowest BCUT2D eigenvalue weighted by molar-refractivity contribution is 0.269. The molecule has 3 aromatic heterocycles. The number of para-hydroxylation sites is 1. The molecule has 4 heterocycles. The number of aromatic amines is 1. The zero-order valence-corrected chi connectivity index (χ0v) is 16.7. The van der Waals surface area contributed by atoms with Crippen molar-refractivity contribution in [1.29, 1.82) is 0 Å². The van der Waals surface area contributed by atoms with Gasteiger partial charge in [0, 0.05) is 41.9 Å². The fourth-order valence-corrected chi connectivity index (χ4v) is 3.99. The first-order chi connectivity index (χ1) is 14.8. The van der Waals surface area contributed by atoms with Crippen LogP contribution in [0.4, 0.5) is 5.82 Å². The minimum absolute atomic E-state index is 0.0523. The van der Waals surface area contributed by atoms with Crippen LogP contribution >= 0.6 is 0 Å². The molecular weight excluding hydrogens is 378 g/mol. The molecule has 0 unspecified atom stereocenters. The summed E-state index contributed by atoms with van der Waals surface area (Å²) in [6.45, 7) is 2.98. The van der Waals surface area contributed by atoms with Crippen molar-refractivity contribution in [3.63, 3.8) is 0 Å². The Morgan fingerprint density at radius 3 is 3.07 bits per heavy atom. The second-order valence-corrected chi connectivity index (χ2v) is 7.50. The van der Waals surface area contributed by atoms with Gasteiger partial charge in [-0.3, -0.25) is 4.68 Å². The van der Waals surface area contributed by atoms with Gasteiger partial charge in [0.05, 0.1) is 30.6 Å². The highest BCUT2D eigenvalue weighted by molar-refractivity contribution is 5.83. The van der Waals surface area contributed by atoms with Crippen molar-refractivity contribution in [1.82, 2.24) is 30.0 Å². The van der Waals surface area contributed by atoms with Gasteiger partial charge in [-0.2, -0.15) is 5.10 Å². The molecule has 1 aromatic carbocycles. The highest BCUT2D eigenvalue weighted by atomic mass is 16.3. The highest BCUT2D eigenvalue weighted by Gasteiger charge is 2.19. The molecule has 0 saturated heterocycles. The number of fused-ring (bicyclic) bond motifs is 2. The van der Waals surface area contributed by atoms with Crippen LogP contribution in [0.25, 0.3) is 22.3 Å². The third kappa shape index (κ3) is 3.67. The van der Waals surface area contributed by atoms with Crippen molar-refractivity contribution in [3.8, 4) is 11.4 Å². The first-order valence-corrected chi connectivity index (χ1v) is 10.3. The first kappa shape index (κ1) is 18.8. The molecule has 8 nitrogen and oxygen atoms in total. The molecule has 8 heteroatoms. The molecule has 0 saturated carbocycles. The Labute approximate surface area is 174 Å². The summed E-state index contributed by atoms with van der Waals surface area (Å²) >= 11 is 0. The van der Waals surface area contributed by atoms with Gasteiger partial charge in [-0.1, -0.05) is 18.2 Å². The van der Waals surface area contributed by atoms with Crippen LogP contribution in [0.3, 0.4) is 0 Å². The molecule has 0 spiro atoms. The Bertz CT molecular complexity index is 1160. The monoisotopic (exact) mass is 403 g/mol. The van der Waals surface area contributed by atoms with E-state index in [9.17, 15) is 0 Å². The number of hydrogen-bond donors (Lipinski definition) is 4. The smallest absolute Gasteiger partial charge is 0.165 e. The lowest BCUT2D eigenvalue weighted by atomic mass is 10.1. The lowest BCUT2D eigenvalue weighted by Gasteiger charge is -2.20. The molecule has 4 N–H and O–H groups in total. The number of rotatable bonds is 7. The van der Waals surface area contributed by atoms with Gasteiger partial charge >= 0.3 is 0 Å². The zero-order valence-electron chi connectivity index (χ0n) is 16.7. The molecule has 30 heavy (non-hydrogen) atoms. The van der Waals surface area contributed by atoms with E-state index >= 15 is 0 Å². The summed E-state index contributed by atoms with van der Waals surface area (Å²) in [6.07, 6.45) is 7.54. The van der Waals surface area contributed by atoms with Crippen molar-refractivity contribution in [2.24, 2.45) is 0 Å². The SMILES string of the molecule is OCCn1cc(-c2nc3c(c(NCCc4c[nH]c5ccccc45)n2)CCNC3)cn1. The number of anilines is 1. The van der Waals surface area contributed by atoms with Crippen molar-refractivity contribution < 1.29 is 5.11 Å². The molecule has 0 aliphatic carbocycles. The minimum Gasteiger partial charge on any atom is -0.394 e. The second-order valence-electron chi connectivity index (χ2n) is 7.50. The average molecular weight is 403 g/mol. The normalized spacial score (nSPS) is 13.5. The fourth-order valence-electron chi connectivity index (χ4n) is 3.99. The maximum atomic E-state index is 9.13. The number of nitrogens with one attached hydrogen (secondary N) is 3. The molecule has 0 fully saturated rings. The number of benzene rings is 1. The van der Waals surface area contributed by atoms with Gasteiger partial charge in [0.15, 0.2) is 5.82 Å². The predicted molar refractivity (Wildman–Crippen MR) is 116 cm³/mol. The summed E-state index contributed by atoms with van der Waals surface area (Å²) in [4.78, 5) is 13.0. The van der Waals surface area contributed by atoms with E-state index in [1.54, 1.807) is 10.9 Å². The topological polar surface area (TPSA) is 104 Å². The van der Waals surface area contributed by atoms with Crippen LogP contribution in [-0.2, 0) is 25.9 Å². The quantitative estimate of drug-likeness (QED) is 0.377. The van der Waals surface area contributed by atoms with Crippen molar-refractivity contribution in [2.45, 2.75) is 25.9 Å². The van der Waals surface area contributed by atoms with E-state index < -0.39 is 0 Å². The van der Waals surface area contributed by atoms with Gasteiger partial charge < -0.3 is 20.7 Å². The molecule has 0 bridgehead atoms. The summed E-state index contributed by atoms with van der Waals surface area (Å²) in [7, 11) is 0. The molecule has 0 amide bonds. The van der Waals surface area contributed by atoms with Crippen molar-refractivity contribution >= 4 is 16.7 Å². The van der Waals surface area contributed by atoms with Crippen molar-refractivity contribution in [2.75, 3.05) is 25.0 Å². The number of H-pyrrole nitrogens is 1. The van der Waals surface area contributed by atoms with Crippen LogP contribution < -0.4 is 10.6 Å². The summed E-state index contributed by atoms with van der Waals surface area (Å²) in [5.74, 6) is 1.57. The standard InChI is InChI=1S/C22H25N7O/c30-10-9-29-14-16(12-26-29)21-27-20-13-23-7-6-18(20)22(28-21)24-8-5-15-11-25-19-4-2-1-3-17(15)19/h1-4,11-12,14,23,25,30H,5-10,13H2,(H,24,27,28). The maximum Gasteiger partial charge on any atom is 0.165 e. The number of hydrogen-bond acceptors (Lipinski definition) is 6. The van der Waals surface area contributed by atoms with Gasteiger partial charge in [-0.05, 0) is 31.0 Å². The van der Waals surface area contributed by atoms with E-state index in [0.29, 0.717) is 12.4 Å². The van der Waals surface area contributed by atoms with Crippen LogP contribution in [0.1, 0.15) is 16.8 Å². The first-order valence-electron chi connectivity index (χ1n) is 10.3. The van der Waals surface area contributed by atoms with Gasteiger partial charge in [0.1, 0.15) is 5.82 Å². The molecule has 0 radical (unpaired) electrons. The van der Waals surface area contributed by atoms with Crippen LogP contribution in [0, 0.1) is 0 Å². The van der Waals surface area contributed by atoms with E-state index in [2.05, 4.69) is 45.1 Å². The average Bonchev–Trinajstić information content (AvgIpc) is 3.41. The summed E-state index contributed by atoms with van der Waals surface area (Å²) in [6, 6.07) is 8.38. The van der Waals surface area contributed by atoms with E-state index in [1.165, 1.54) is 22.0 Å². The molecule has 4 aromatic rings. The lowest BCUT2D eigenvalue weighted by Crippen LogP contribution is -2.27. The number of aromatic nitrogens is 5. The maximum absolute atomic E-state index is 9.13. The molecule has 154 valence electrons. The van der Waals surface area contributed by atoms with E-state index in [0.717, 1.165) is 49.6 Å². The van der Waals surface area contributed by atoms with Gasteiger partial charge in [-0.25, -0.2) is 9.97 Å². The van der Waals surface area contributed by atoms with E-state index in [1.807, 2.05) is 12.3 Å². The van der Waals surface area contributed by atoms with Crippen LogP contribution in [-0.4, -0.2) is 49.5 Å². The Hall–Kier alpha value is -3.23. The highest BCUT2D eigenvalue weighted by Crippen LogP contribution is 2.25. The number of aliphatic hydroxyl groups excluding tert-OH is 1. The van der Waals surface area contributed by atoms with Gasteiger partial charge in [0.2, 0.25) is 0 Å². The Morgan fingerprint density at radius 2 is 2.13 bits per heavy atom. The molecule has 1 aliphatic heterocycles. The van der Waals surface area contributed by atoms with Crippen LogP contribution in [0.2, 0.25) is 0 Å². The van der Waals surface area contributed by atoms with Gasteiger partial charge in [-0.15, -0.1) is 0 Å². The van der Waals surface area contributed by atoms with Crippen LogP contribution in [0.15, 0.2) is 42.9 Å². The van der Waals surface area contributed by atoms with Gasteiger partial charge in [0.25, 0.3) is 0 Å². The fraction of sp³-hybridized carbons (Fsp3) is 0.318. The largest absolute Gasteiger partial charge is 0.394 e. The minimum atomic E-state index is 0.0523. The van der Waals surface area contributed by atoms with Crippen LogP contribution in [0.5, 0.6) is 0 Å². The second kappa shape index (κ2) is 8.25. The zero-order chi connectivity index (χ0) is 20.3. The predicted octanol–water partition coefficient (Wildman–Crippen LogP) is 2.11.